The fourth-order valence-corrected chi connectivity index (χ4v) is 5.45. The van der Waals surface area contributed by atoms with E-state index in [-0.39, 0.29) is 11.9 Å². The summed E-state index contributed by atoms with van der Waals surface area (Å²) in [6.45, 7) is 5.25. The van der Waals surface area contributed by atoms with Crippen molar-refractivity contribution < 1.29 is 9.53 Å². The maximum atomic E-state index is 12.8. The van der Waals surface area contributed by atoms with Gasteiger partial charge in [-0.05, 0) is 42.4 Å². The van der Waals surface area contributed by atoms with Gasteiger partial charge in [0.15, 0.2) is 11.0 Å². The molecule has 3 aromatic rings. The van der Waals surface area contributed by atoms with Gasteiger partial charge in [-0.3, -0.25) is 4.79 Å². The van der Waals surface area contributed by atoms with Crippen LogP contribution in [-0.2, 0) is 17.8 Å². The number of aromatic nitrogens is 3. The summed E-state index contributed by atoms with van der Waals surface area (Å²) >= 11 is 1.45. The summed E-state index contributed by atoms with van der Waals surface area (Å²) in [6.07, 6.45) is 4.34. The standard InChI is InChI=1S/C27H34N4O2S/c1-19-10-9-14-23(20(19)2)28-25(32)18-34-27-30-29-26(22-13-7-8-15-24(22)33-3)31(27)17-16-21-11-5-4-6-12-21/h4-8,11-13,15,19-20,23H,9-10,14,16-18H2,1-3H3,(H,28,32). The molecule has 7 heteroatoms. The Morgan fingerprint density at radius 3 is 2.65 bits per heavy atom. The van der Waals surface area contributed by atoms with Crippen LogP contribution >= 0.6 is 11.8 Å². The van der Waals surface area contributed by atoms with Crippen LogP contribution in [0.15, 0.2) is 59.8 Å². The number of benzene rings is 2. The first-order valence-corrected chi connectivity index (χ1v) is 13.1. The summed E-state index contributed by atoms with van der Waals surface area (Å²) < 4.78 is 7.68. The molecule has 1 aromatic heterocycles. The second-order valence-corrected chi connectivity index (χ2v) is 10.1. The summed E-state index contributed by atoms with van der Waals surface area (Å²) in [5.41, 5.74) is 2.14. The van der Waals surface area contributed by atoms with Crippen molar-refractivity contribution in [3.63, 3.8) is 0 Å². The molecular weight excluding hydrogens is 444 g/mol. The summed E-state index contributed by atoms with van der Waals surface area (Å²) in [6, 6.07) is 18.5. The highest BCUT2D eigenvalue weighted by molar-refractivity contribution is 7.99. The van der Waals surface area contributed by atoms with Gasteiger partial charge in [-0.25, -0.2) is 0 Å². The van der Waals surface area contributed by atoms with Gasteiger partial charge < -0.3 is 14.6 Å². The highest BCUT2D eigenvalue weighted by Crippen LogP contribution is 2.32. The second-order valence-electron chi connectivity index (χ2n) is 9.12. The lowest BCUT2D eigenvalue weighted by Crippen LogP contribution is -2.44. The Balaban J connectivity index is 1.50. The van der Waals surface area contributed by atoms with Crippen molar-refractivity contribution in [1.82, 2.24) is 20.1 Å². The molecular formula is C27H34N4O2S. The van der Waals surface area contributed by atoms with E-state index in [0.717, 1.165) is 35.1 Å². The number of carbonyl (C=O) groups excluding carboxylic acids is 1. The van der Waals surface area contributed by atoms with Crippen molar-refractivity contribution in [3.8, 4) is 17.1 Å². The quantitative estimate of drug-likeness (QED) is 0.427. The van der Waals surface area contributed by atoms with E-state index >= 15 is 0 Å². The Bertz CT molecular complexity index is 1090. The average Bonchev–Trinajstić information content (AvgIpc) is 3.27. The third-order valence-electron chi connectivity index (χ3n) is 6.92. The maximum absolute atomic E-state index is 12.8. The molecule has 0 bridgehead atoms. The van der Waals surface area contributed by atoms with Crippen LogP contribution in [0.5, 0.6) is 5.75 Å². The lowest BCUT2D eigenvalue weighted by Gasteiger charge is -2.34. The lowest BCUT2D eigenvalue weighted by atomic mass is 9.78. The highest BCUT2D eigenvalue weighted by atomic mass is 32.2. The topological polar surface area (TPSA) is 69.0 Å². The molecule has 4 rings (SSSR count). The fourth-order valence-electron chi connectivity index (χ4n) is 4.68. The fraction of sp³-hybridized carbons (Fsp3) is 0.444. The Hall–Kier alpha value is -2.80. The average molecular weight is 479 g/mol. The molecule has 34 heavy (non-hydrogen) atoms. The number of methoxy groups -OCH3 is 1. The van der Waals surface area contributed by atoms with Gasteiger partial charge in [0.2, 0.25) is 5.91 Å². The second kappa shape index (κ2) is 11.6. The molecule has 1 aliphatic carbocycles. The zero-order chi connectivity index (χ0) is 23.9. The SMILES string of the molecule is COc1ccccc1-c1nnc(SCC(=O)NC2CCCC(C)C2C)n1CCc1ccccc1. The predicted molar refractivity (Wildman–Crippen MR) is 137 cm³/mol. The number of rotatable bonds is 9. The largest absolute Gasteiger partial charge is 0.496 e. The van der Waals surface area contributed by atoms with Crippen LogP contribution < -0.4 is 10.1 Å². The van der Waals surface area contributed by atoms with Crippen molar-refractivity contribution in [1.29, 1.82) is 0 Å². The Morgan fingerprint density at radius 1 is 1.09 bits per heavy atom. The maximum Gasteiger partial charge on any atom is 0.230 e. The summed E-state index contributed by atoms with van der Waals surface area (Å²) in [5, 5.41) is 13.0. The molecule has 6 nitrogen and oxygen atoms in total. The van der Waals surface area contributed by atoms with Gasteiger partial charge in [0.1, 0.15) is 5.75 Å². The van der Waals surface area contributed by atoms with E-state index in [0.29, 0.717) is 24.1 Å². The number of carbonyl (C=O) groups is 1. The first kappa shape index (κ1) is 24.3. The summed E-state index contributed by atoms with van der Waals surface area (Å²) in [7, 11) is 1.66. The Labute approximate surface area is 206 Å². The van der Waals surface area contributed by atoms with Gasteiger partial charge in [0.05, 0.1) is 18.4 Å². The molecule has 2 aromatic carbocycles. The molecule has 0 radical (unpaired) electrons. The minimum absolute atomic E-state index is 0.0624. The number of para-hydroxylation sites is 1. The zero-order valence-electron chi connectivity index (χ0n) is 20.2. The normalized spacial score (nSPS) is 20.1. The van der Waals surface area contributed by atoms with Crippen molar-refractivity contribution in [2.24, 2.45) is 11.8 Å². The van der Waals surface area contributed by atoms with Crippen LogP contribution in [-0.4, -0.2) is 39.6 Å². The first-order valence-electron chi connectivity index (χ1n) is 12.1. The van der Waals surface area contributed by atoms with Gasteiger partial charge in [-0.15, -0.1) is 10.2 Å². The van der Waals surface area contributed by atoms with Crippen molar-refractivity contribution in [3.05, 3.63) is 60.2 Å². The van der Waals surface area contributed by atoms with Crippen molar-refractivity contribution in [2.75, 3.05) is 12.9 Å². The van der Waals surface area contributed by atoms with E-state index in [2.05, 4.69) is 58.2 Å². The summed E-state index contributed by atoms with van der Waals surface area (Å²) in [5.74, 6) is 3.06. The molecule has 1 saturated carbocycles. The van der Waals surface area contributed by atoms with E-state index < -0.39 is 0 Å². The van der Waals surface area contributed by atoms with E-state index in [1.54, 1.807) is 7.11 Å². The minimum atomic E-state index is 0.0624. The van der Waals surface area contributed by atoms with Gasteiger partial charge in [0, 0.05) is 12.6 Å². The zero-order valence-corrected chi connectivity index (χ0v) is 21.1. The van der Waals surface area contributed by atoms with E-state index in [1.807, 2.05) is 30.3 Å². The third kappa shape index (κ3) is 5.81. The van der Waals surface area contributed by atoms with Crippen LogP contribution in [0.3, 0.4) is 0 Å². The number of nitrogens with one attached hydrogen (secondary N) is 1. The van der Waals surface area contributed by atoms with E-state index in [9.17, 15) is 4.79 Å². The molecule has 1 aliphatic rings. The number of hydrogen-bond donors (Lipinski definition) is 1. The predicted octanol–water partition coefficient (Wildman–Crippen LogP) is 5.23. The third-order valence-corrected chi connectivity index (χ3v) is 7.88. The van der Waals surface area contributed by atoms with Gasteiger partial charge in [0.25, 0.3) is 0 Å². The molecule has 3 atom stereocenters. The number of ether oxygens (including phenoxy) is 1. The highest BCUT2D eigenvalue weighted by Gasteiger charge is 2.28. The number of hydrogen-bond acceptors (Lipinski definition) is 5. The van der Waals surface area contributed by atoms with Crippen molar-refractivity contribution in [2.45, 2.75) is 57.3 Å². The summed E-state index contributed by atoms with van der Waals surface area (Å²) in [4.78, 5) is 12.8. The molecule has 0 spiro atoms. The molecule has 0 saturated heterocycles. The van der Waals surface area contributed by atoms with Crippen LogP contribution in [0.25, 0.3) is 11.4 Å². The minimum Gasteiger partial charge on any atom is -0.496 e. The monoisotopic (exact) mass is 478 g/mol. The first-order chi connectivity index (χ1) is 16.6. The van der Waals surface area contributed by atoms with E-state index in [4.69, 9.17) is 4.74 Å². The number of aryl methyl sites for hydroxylation is 1. The van der Waals surface area contributed by atoms with Gasteiger partial charge >= 0.3 is 0 Å². The van der Waals surface area contributed by atoms with Crippen LogP contribution in [0.4, 0.5) is 0 Å². The van der Waals surface area contributed by atoms with Crippen LogP contribution in [0.2, 0.25) is 0 Å². The molecule has 1 N–H and O–H groups in total. The molecule has 0 aliphatic heterocycles. The van der Waals surface area contributed by atoms with E-state index in [1.165, 1.54) is 30.2 Å². The lowest BCUT2D eigenvalue weighted by molar-refractivity contribution is -0.120. The number of amides is 1. The van der Waals surface area contributed by atoms with Crippen molar-refractivity contribution >= 4 is 17.7 Å². The Kier molecular flexibility index (Phi) is 8.27. The van der Waals surface area contributed by atoms with Gasteiger partial charge in [-0.1, -0.05) is 80.9 Å². The number of nitrogens with zero attached hydrogens (tertiary/aromatic N) is 3. The molecule has 1 amide bonds. The molecule has 3 unspecified atom stereocenters. The van der Waals surface area contributed by atoms with Crippen LogP contribution in [0, 0.1) is 11.8 Å². The smallest absolute Gasteiger partial charge is 0.230 e. The number of thioether (sulfide) groups is 1. The molecule has 1 heterocycles. The van der Waals surface area contributed by atoms with Gasteiger partial charge in [-0.2, -0.15) is 0 Å². The molecule has 1 fully saturated rings. The van der Waals surface area contributed by atoms with Crippen LogP contribution in [0.1, 0.15) is 38.7 Å². The Morgan fingerprint density at radius 2 is 1.85 bits per heavy atom. The molecule has 180 valence electrons.